The minimum absolute atomic E-state index is 0.0145. The number of carbonyl (C=O) groups is 1. The average Bonchev–Trinajstić information content (AvgIpc) is 2.95. The highest BCUT2D eigenvalue weighted by Crippen LogP contribution is 2.39. The molecule has 1 fully saturated rings. The number of hydrogen-bond donors (Lipinski definition) is 0. The van der Waals surface area contributed by atoms with E-state index in [1.807, 2.05) is 41.3 Å². The maximum atomic E-state index is 12.8. The molecule has 0 bridgehead atoms. The second-order valence-corrected chi connectivity index (χ2v) is 9.56. The largest absolute Gasteiger partial charge is 0.493 e. The molecule has 6 nitrogen and oxygen atoms in total. The zero-order valence-electron chi connectivity index (χ0n) is 22.9. The Morgan fingerprint density at radius 3 is 2.03 bits per heavy atom. The summed E-state index contributed by atoms with van der Waals surface area (Å²) in [6.45, 7) is 5.94. The number of benzene rings is 2. The third-order valence-electron chi connectivity index (χ3n) is 6.86. The number of hydrogen-bond acceptors (Lipinski definition) is 5. The summed E-state index contributed by atoms with van der Waals surface area (Å²) in [6.07, 6.45) is 13.5. The Morgan fingerprint density at radius 2 is 1.43 bits per heavy atom. The highest BCUT2D eigenvalue weighted by molar-refractivity contribution is 5.92. The second kappa shape index (κ2) is 15.9. The average molecular weight is 509 g/mol. The van der Waals surface area contributed by atoms with E-state index >= 15 is 0 Å². The maximum absolute atomic E-state index is 12.8. The number of unbranched alkanes of at least 4 members (excludes halogenated alkanes) is 7. The highest BCUT2D eigenvalue weighted by atomic mass is 16.5. The SMILES string of the molecule is CCCCCCCCCCOc1c(OC)cc(/C=C/C(=O)N2CCN(c3ccccc3)CC2)cc1OC. The number of nitrogens with zero attached hydrogens (tertiary/aromatic N) is 2. The van der Waals surface area contributed by atoms with Crippen molar-refractivity contribution in [3.63, 3.8) is 0 Å². The summed E-state index contributed by atoms with van der Waals surface area (Å²) in [5.41, 5.74) is 2.04. The number of carbonyl (C=O) groups excluding carboxylic acids is 1. The molecule has 1 saturated heterocycles. The van der Waals surface area contributed by atoms with Crippen LogP contribution in [0.2, 0.25) is 0 Å². The van der Waals surface area contributed by atoms with Crippen molar-refractivity contribution in [3.8, 4) is 17.2 Å². The van der Waals surface area contributed by atoms with Crippen molar-refractivity contribution in [1.82, 2.24) is 4.90 Å². The number of rotatable bonds is 15. The minimum atomic E-state index is 0.0145. The molecular formula is C31H44N2O4. The van der Waals surface area contributed by atoms with Crippen LogP contribution in [0.15, 0.2) is 48.5 Å². The van der Waals surface area contributed by atoms with Gasteiger partial charge in [-0.05, 0) is 42.3 Å². The minimum Gasteiger partial charge on any atom is -0.493 e. The molecule has 6 heteroatoms. The summed E-state index contributed by atoms with van der Waals surface area (Å²) < 4.78 is 17.3. The Bertz CT molecular complexity index is 943. The first-order chi connectivity index (χ1) is 18.2. The fraction of sp³-hybridized carbons (Fsp3) is 0.516. The quantitative estimate of drug-likeness (QED) is 0.201. The van der Waals surface area contributed by atoms with Crippen LogP contribution in [-0.4, -0.2) is 57.8 Å². The first-order valence-electron chi connectivity index (χ1n) is 13.8. The molecule has 3 rings (SSSR count). The highest BCUT2D eigenvalue weighted by Gasteiger charge is 2.20. The maximum Gasteiger partial charge on any atom is 0.246 e. The lowest BCUT2D eigenvalue weighted by atomic mass is 10.1. The number of anilines is 1. The van der Waals surface area contributed by atoms with Gasteiger partial charge in [0.2, 0.25) is 11.7 Å². The number of methoxy groups -OCH3 is 2. The van der Waals surface area contributed by atoms with Crippen LogP contribution in [0.25, 0.3) is 6.08 Å². The molecule has 202 valence electrons. The molecule has 0 saturated carbocycles. The smallest absolute Gasteiger partial charge is 0.246 e. The van der Waals surface area contributed by atoms with E-state index in [2.05, 4.69) is 24.0 Å². The molecule has 0 atom stereocenters. The lowest BCUT2D eigenvalue weighted by Gasteiger charge is -2.35. The van der Waals surface area contributed by atoms with Crippen LogP contribution in [0.5, 0.6) is 17.2 Å². The lowest BCUT2D eigenvalue weighted by Crippen LogP contribution is -2.48. The van der Waals surface area contributed by atoms with Crippen LogP contribution in [0.4, 0.5) is 5.69 Å². The summed E-state index contributed by atoms with van der Waals surface area (Å²) in [4.78, 5) is 17.0. The van der Waals surface area contributed by atoms with Gasteiger partial charge in [0.05, 0.1) is 20.8 Å². The van der Waals surface area contributed by atoms with Crippen LogP contribution in [0, 0.1) is 0 Å². The van der Waals surface area contributed by atoms with Gasteiger partial charge >= 0.3 is 0 Å². The monoisotopic (exact) mass is 508 g/mol. The van der Waals surface area contributed by atoms with E-state index in [0.717, 1.165) is 25.1 Å². The predicted octanol–water partition coefficient (Wildman–Crippen LogP) is 6.59. The van der Waals surface area contributed by atoms with Crippen LogP contribution in [-0.2, 0) is 4.79 Å². The zero-order chi connectivity index (χ0) is 26.3. The predicted molar refractivity (Wildman–Crippen MR) is 152 cm³/mol. The number of para-hydroxylation sites is 1. The lowest BCUT2D eigenvalue weighted by molar-refractivity contribution is -0.126. The van der Waals surface area contributed by atoms with E-state index in [1.54, 1.807) is 20.3 Å². The molecule has 0 aliphatic carbocycles. The van der Waals surface area contributed by atoms with Crippen molar-refractivity contribution < 1.29 is 19.0 Å². The Hall–Kier alpha value is -3.15. The van der Waals surface area contributed by atoms with E-state index < -0.39 is 0 Å². The third-order valence-corrected chi connectivity index (χ3v) is 6.86. The third kappa shape index (κ3) is 9.03. The first kappa shape index (κ1) is 28.4. The van der Waals surface area contributed by atoms with Crippen molar-refractivity contribution in [3.05, 3.63) is 54.1 Å². The molecule has 2 aromatic rings. The Balaban J connectivity index is 1.50. The van der Waals surface area contributed by atoms with Crippen molar-refractivity contribution in [2.45, 2.75) is 58.3 Å². The summed E-state index contributed by atoms with van der Waals surface area (Å²) in [7, 11) is 3.26. The van der Waals surface area contributed by atoms with Gasteiger partial charge in [-0.3, -0.25) is 4.79 Å². The van der Waals surface area contributed by atoms with Crippen molar-refractivity contribution >= 4 is 17.7 Å². The zero-order valence-corrected chi connectivity index (χ0v) is 22.9. The van der Waals surface area contributed by atoms with Crippen LogP contribution < -0.4 is 19.1 Å². The summed E-state index contributed by atoms with van der Waals surface area (Å²) in [5.74, 6) is 1.86. The van der Waals surface area contributed by atoms with Gasteiger partial charge in [0.15, 0.2) is 11.5 Å². The number of amides is 1. The molecule has 0 spiro atoms. The van der Waals surface area contributed by atoms with Gasteiger partial charge in [-0.2, -0.15) is 0 Å². The summed E-state index contributed by atoms with van der Waals surface area (Å²) >= 11 is 0. The summed E-state index contributed by atoms with van der Waals surface area (Å²) in [5, 5.41) is 0. The topological polar surface area (TPSA) is 51.2 Å². The molecule has 1 amide bonds. The van der Waals surface area contributed by atoms with Gasteiger partial charge in [0.1, 0.15) is 0 Å². The molecule has 1 aliphatic heterocycles. The molecule has 0 N–H and O–H groups in total. The molecule has 0 aromatic heterocycles. The molecule has 2 aromatic carbocycles. The second-order valence-electron chi connectivity index (χ2n) is 9.56. The van der Waals surface area contributed by atoms with Gasteiger partial charge in [-0.15, -0.1) is 0 Å². The van der Waals surface area contributed by atoms with Crippen LogP contribution >= 0.6 is 0 Å². The molecular weight excluding hydrogens is 464 g/mol. The van der Waals surface area contributed by atoms with E-state index in [9.17, 15) is 4.79 Å². The standard InChI is InChI=1S/C31H44N2O4/c1-4-5-6-7-8-9-10-14-23-37-31-28(35-2)24-26(25-29(31)36-3)17-18-30(34)33-21-19-32(20-22-33)27-15-12-11-13-16-27/h11-13,15-18,24-25H,4-10,14,19-23H2,1-3H3/b18-17+. The van der Waals surface area contributed by atoms with E-state index in [0.29, 0.717) is 36.9 Å². The van der Waals surface area contributed by atoms with Crippen LogP contribution in [0.3, 0.4) is 0 Å². The van der Waals surface area contributed by atoms with Crippen molar-refractivity contribution in [1.29, 1.82) is 0 Å². The fourth-order valence-electron chi connectivity index (χ4n) is 4.65. The van der Waals surface area contributed by atoms with E-state index in [4.69, 9.17) is 14.2 Å². The van der Waals surface area contributed by atoms with E-state index in [-0.39, 0.29) is 5.91 Å². The number of ether oxygens (including phenoxy) is 3. The Kier molecular flexibility index (Phi) is 12.2. The molecule has 1 heterocycles. The van der Waals surface area contributed by atoms with Gasteiger partial charge < -0.3 is 24.0 Å². The normalized spacial score (nSPS) is 13.7. The number of piperazine rings is 1. The van der Waals surface area contributed by atoms with E-state index in [1.165, 1.54) is 50.6 Å². The van der Waals surface area contributed by atoms with Crippen LogP contribution in [0.1, 0.15) is 63.9 Å². The fourth-order valence-corrected chi connectivity index (χ4v) is 4.65. The molecule has 37 heavy (non-hydrogen) atoms. The molecule has 0 unspecified atom stereocenters. The van der Waals surface area contributed by atoms with Gasteiger partial charge in [0.25, 0.3) is 0 Å². The van der Waals surface area contributed by atoms with Crippen molar-refractivity contribution in [2.75, 3.05) is 51.9 Å². The van der Waals surface area contributed by atoms with Gasteiger partial charge in [0, 0.05) is 37.9 Å². The van der Waals surface area contributed by atoms with Gasteiger partial charge in [-0.25, -0.2) is 0 Å². The van der Waals surface area contributed by atoms with Crippen molar-refractivity contribution in [2.24, 2.45) is 0 Å². The summed E-state index contributed by atoms with van der Waals surface area (Å²) in [6, 6.07) is 14.1. The first-order valence-corrected chi connectivity index (χ1v) is 13.8. The van der Waals surface area contributed by atoms with Gasteiger partial charge in [-0.1, -0.05) is 70.1 Å². The Morgan fingerprint density at radius 1 is 0.838 bits per heavy atom. The molecule has 0 radical (unpaired) electrons. The molecule has 1 aliphatic rings. The Labute approximate surface area is 223 Å².